The fourth-order valence-corrected chi connectivity index (χ4v) is 1.95. The zero-order chi connectivity index (χ0) is 10.1. The summed E-state index contributed by atoms with van der Waals surface area (Å²) in [6, 6.07) is 8.04. The number of fused-ring (bicyclic) bond motifs is 1. The van der Waals surface area contributed by atoms with Crippen LogP contribution in [0.15, 0.2) is 24.3 Å². The van der Waals surface area contributed by atoms with Crippen molar-refractivity contribution in [3.05, 3.63) is 35.4 Å². The van der Waals surface area contributed by atoms with Gasteiger partial charge in [-0.15, -0.1) is 0 Å². The zero-order valence-corrected chi connectivity index (χ0v) is 8.23. The minimum Gasteiger partial charge on any atom is -0.323 e. The van der Waals surface area contributed by atoms with Crippen LogP contribution in [0.3, 0.4) is 0 Å². The number of nitrogens with two attached hydrogens (primary N) is 1. The molecule has 1 amide bonds. The summed E-state index contributed by atoms with van der Waals surface area (Å²) in [4.78, 5) is 13.0. The van der Waals surface area contributed by atoms with Crippen molar-refractivity contribution >= 4 is 5.91 Å². The van der Waals surface area contributed by atoms with Crippen molar-refractivity contribution in [2.45, 2.75) is 19.5 Å². The monoisotopic (exact) mass is 190 g/mol. The van der Waals surface area contributed by atoms with Crippen LogP contribution in [0.1, 0.15) is 24.2 Å². The molecule has 0 saturated carbocycles. The Labute approximate surface area is 83.5 Å². The van der Waals surface area contributed by atoms with Gasteiger partial charge in [-0.05, 0) is 17.5 Å². The molecule has 14 heavy (non-hydrogen) atoms. The molecule has 2 N–H and O–H groups in total. The summed E-state index contributed by atoms with van der Waals surface area (Å²) >= 11 is 0. The number of amides is 1. The van der Waals surface area contributed by atoms with Gasteiger partial charge in [0, 0.05) is 13.5 Å². The highest BCUT2D eigenvalue weighted by molar-refractivity contribution is 5.74. The first-order valence-electron chi connectivity index (χ1n) is 4.81. The quantitative estimate of drug-likeness (QED) is 0.664. The van der Waals surface area contributed by atoms with Gasteiger partial charge in [0.25, 0.3) is 0 Å². The van der Waals surface area contributed by atoms with Gasteiger partial charge in [0.1, 0.15) is 6.17 Å². The normalized spacial score (nSPS) is 20.4. The Balaban J connectivity index is 2.36. The lowest BCUT2D eigenvalue weighted by atomic mass is 9.97. The first-order valence-corrected chi connectivity index (χ1v) is 4.81. The predicted molar refractivity (Wildman–Crippen MR) is 54.5 cm³/mol. The third-order valence-corrected chi connectivity index (χ3v) is 2.74. The molecule has 0 aliphatic carbocycles. The number of hydrogen-bond donors (Lipinski definition) is 1. The molecule has 1 atom stereocenters. The van der Waals surface area contributed by atoms with E-state index in [0.29, 0.717) is 0 Å². The molecule has 3 heteroatoms. The van der Waals surface area contributed by atoms with Gasteiger partial charge in [-0.2, -0.15) is 0 Å². The Morgan fingerprint density at radius 3 is 2.93 bits per heavy atom. The Bertz CT molecular complexity index is 362. The van der Waals surface area contributed by atoms with Crippen LogP contribution in [0.5, 0.6) is 0 Å². The summed E-state index contributed by atoms with van der Waals surface area (Å²) < 4.78 is 0. The fourth-order valence-electron chi connectivity index (χ4n) is 1.95. The molecule has 1 aliphatic rings. The number of rotatable bonds is 0. The van der Waals surface area contributed by atoms with E-state index in [0.717, 1.165) is 18.5 Å². The third kappa shape index (κ3) is 1.40. The third-order valence-electron chi connectivity index (χ3n) is 2.74. The summed E-state index contributed by atoms with van der Waals surface area (Å²) in [5.74, 6) is 0.0482. The van der Waals surface area contributed by atoms with Crippen LogP contribution in [-0.2, 0) is 11.2 Å². The van der Waals surface area contributed by atoms with Crippen molar-refractivity contribution in [1.29, 1.82) is 0 Å². The molecule has 0 fully saturated rings. The molecule has 2 rings (SSSR count). The Morgan fingerprint density at radius 2 is 2.21 bits per heavy atom. The van der Waals surface area contributed by atoms with E-state index in [1.54, 1.807) is 11.8 Å². The lowest BCUT2D eigenvalue weighted by Gasteiger charge is -2.34. The average Bonchev–Trinajstić information content (AvgIpc) is 2.18. The van der Waals surface area contributed by atoms with Crippen LogP contribution in [0.25, 0.3) is 0 Å². The van der Waals surface area contributed by atoms with Crippen LogP contribution in [0, 0.1) is 0 Å². The molecule has 3 nitrogen and oxygen atoms in total. The van der Waals surface area contributed by atoms with Gasteiger partial charge in [-0.25, -0.2) is 0 Å². The zero-order valence-electron chi connectivity index (χ0n) is 8.23. The lowest BCUT2D eigenvalue weighted by molar-refractivity contribution is -0.131. The number of nitrogens with zero attached hydrogens (tertiary/aromatic N) is 1. The first-order chi connectivity index (χ1) is 6.70. The van der Waals surface area contributed by atoms with Crippen molar-refractivity contribution in [2.75, 3.05) is 6.54 Å². The van der Waals surface area contributed by atoms with Gasteiger partial charge in [-0.1, -0.05) is 24.3 Å². The maximum absolute atomic E-state index is 11.3. The highest BCUT2D eigenvalue weighted by atomic mass is 16.2. The van der Waals surface area contributed by atoms with Crippen LogP contribution in [0.2, 0.25) is 0 Å². The van der Waals surface area contributed by atoms with Gasteiger partial charge in [0.2, 0.25) is 5.91 Å². The highest BCUT2D eigenvalue weighted by Gasteiger charge is 2.25. The van der Waals surface area contributed by atoms with Crippen molar-refractivity contribution in [2.24, 2.45) is 5.73 Å². The fraction of sp³-hybridized carbons (Fsp3) is 0.364. The Hall–Kier alpha value is -1.35. The van der Waals surface area contributed by atoms with Gasteiger partial charge >= 0.3 is 0 Å². The van der Waals surface area contributed by atoms with Gasteiger partial charge < -0.3 is 10.6 Å². The molecule has 1 aromatic rings. The molecule has 0 radical (unpaired) electrons. The van der Waals surface area contributed by atoms with Crippen molar-refractivity contribution in [1.82, 2.24) is 4.90 Å². The van der Waals surface area contributed by atoms with E-state index in [9.17, 15) is 4.79 Å². The van der Waals surface area contributed by atoms with Gasteiger partial charge in [-0.3, -0.25) is 4.79 Å². The Kier molecular flexibility index (Phi) is 2.25. The van der Waals surface area contributed by atoms with E-state index in [2.05, 4.69) is 6.07 Å². The molecule has 74 valence electrons. The molecular formula is C11H14N2O. The van der Waals surface area contributed by atoms with Crippen molar-refractivity contribution in [3.63, 3.8) is 0 Å². The van der Waals surface area contributed by atoms with E-state index < -0.39 is 0 Å². The van der Waals surface area contributed by atoms with E-state index in [1.165, 1.54) is 5.56 Å². The largest absolute Gasteiger partial charge is 0.323 e. The molecule has 0 spiro atoms. The number of benzene rings is 1. The summed E-state index contributed by atoms with van der Waals surface area (Å²) in [5, 5.41) is 0. The van der Waals surface area contributed by atoms with Gasteiger partial charge in [0.05, 0.1) is 0 Å². The SMILES string of the molecule is CC(=O)N1CCc2ccccc2C1N. The average molecular weight is 190 g/mol. The second kappa shape index (κ2) is 3.42. The second-order valence-electron chi connectivity index (χ2n) is 3.61. The highest BCUT2D eigenvalue weighted by Crippen LogP contribution is 2.25. The Morgan fingerprint density at radius 1 is 1.50 bits per heavy atom. The van der Waals surface area contributed by atoms with Crippen LogP contribution in [-0.4, -0.2) is 17.4 Å². The van der Waals surface area contributed by atoms with E-state index in [-0.39, 0.29) is 12.1 Å². The maximum Gasteiger partial charge on any atom is 0.220 e. The van der Waals surface area contributed by atoms with Crippen molar-refractivity contribution in [3.8, 4) is 0 Å². The number of carbonyl (C=O) groups is 1. The predicted octanol–water partition coefficient (Wildman–Crippen LogP) is 1.05. The van der Waals surface area contributed by atoms with Crippen molar-refractivity contribution < 1.29 is 4.79 Å². The van der Waals surface area contributed by atoms with Crippen LogP contribution >= 0.6 is 0 Å². The number of hydrogen-bond acceptors (Lipinski definition) is 2. The van der Waals surface area contributed by atoms with E-state index in [4.69, 9.17) is 5.73 Å². The first kappa shape index (κ1) is 9.21. The minimum absolute atomic E-state index is 0.0482. The standard InChI is InChI=1S/C11H14N2O/c1-8(14)13-7-6-9-4-2-3-5-10(9)11(13)12/h2-5,11H,6-7,12H2,1H3. The molecule has 1 aliphatic heterocycles. The molecule has 1 unspecified atom stereocenters. The molecular weight excluding hydrogens is 176 g/mol. The van der Waals surface area contributed by atoms with E-state index >= 15 is 0 Å². The van der Waals surface area contributed by atoms with Crippen LogP contribution < -0.4 is 5.73 Å². The van der Waals surface area contributed by atoms with E-state index in [1.807, 2.05) is 18.2 Å². The van der Waals surface area contributed by atoms with Gasteiger partial charge in [0.15, 0.2) is 0 Å². The molecule has 1 aromatic carbocycles. The summed E-state index contributed by atoms with van der Waals surface area (Å²) in [6.07, 6.45) is 0.640. The maximum atomic E-state index is 11.3. The number of carbonyl (C=O) groups excluding carboxylic acids is 1. The molecule has 0 bridgehead atoms. The molecule has 1 heterocycles. The molecule has 0 saturated heterocycles. The smallest absolute Gasteiger partial charge is 0.220 e. The second-order valence-corrected chi connectivity index (χ2v) is 3.61. The topological polar surface area (TPSA) is 46.3 Å². The minimum atomic E-state index is -0.266. The molecule has 0 aromatic heterocycles. The van der Waals surface area contributed by atoms with Crippen LogP contribution in [0.4, 0.5) is 0 Å². The summed E-state index contributed by atoms with van der Waals surface area (Å²) in [6.45, 7) is 2.29. The lowest BCUT2D eigenvalue weighted by Crippen LogP contribution is -2.42. The summed E-state index contributed by atoms with van der Waals surface area (Å²) in [7, 11) is 0. The summed E-state index contributed by atoms with van der Waals surface area (Å²) in [5.41, 5.74) is 8.34.